The highest BCUT2D eigenvalue weighted by atomic mass is 16.5. The van der Waals surface area contributed by atoms with Crippen molar-refractivity contribution in [2.45, 2.75) is 6.42 Å². The molecule has 2 rings (SSSR count). The minimum atomic E-state index is 0.125. The van der Waals surface area contributed by atoms with Crippen LogP contribution >= 0.6 is 0 Å². The van der Waals surface area contributed by atoms with Gasteiger partial charge in [-0.25, -0.2) is 0 Å². The van der Waals surface area contributed by atoms with Crippen molar-refractivity contribution in [3.63, 3.8) is 0 Å². The average molecular weight is 220 g/mol. The van der Waals surface area contributed by atoms with E-state index >= 15 is 0 Å². The molecule has 0 aliphatic carbocycles. The van der Waals surface area contributed by atoms with E-state index in [9.17, 15) is 4.79 Å². The van der Waals surface area contributed by atoms with Crippen molar-refractivity contribution < 1.29 is 9.53 Å². The zero-order valence-corrected chi connectivity index (χ0v) is 9.35. The highest BCUT2D eigenvalue weighted by Gasteiger charge is 2.30. The van der Waals surface area contributed by atoms with Gasteiger partial charge < -0.3 is 15.4 Å². The number of nitrogens with two attached hydrogens (primary N) is 1. The minimum absolute atomic E-state index is 0.125. The molecule has 1 fully saturated rings. The van der Waals surface area contributed by atoms with E-state index in [1.807, 2.05) is 24.3 Å². The van der Waals surface area contributed by atoms with E-state index in [1.54, 1.807) is 12.0 Å². The minimum Gasteiger partial charge on any atom is -0.495 e. The lowest BCUT2D eigenvalue weighted by atomic mass is 10.1. The lowest BCUT2D eigenvalue weighted by molar-refractivity contribution is -0.117. The van der Waals surface area contributed by atoms with Gasteiger partial charge in [-0.3, -0.25) is 4.79 Å². The van der Waals surface area contributed by atoms with Crippen LogP contribution in [0.25, 0.3) is 0 Å². The summed E-state index contributed by atoms with van der Waals surface area (Å²) in [5.74, 6) is 1.12. The Morgan fingerprint density at radius 3 is 2.88 bits per heavy atom. The quantitative estimate of drug-likeness (QED) is 0.827. The number of benzene rings is 1. The third-order valence-corrected chi connectivity index (χ3v) is 2.91. The van der Waals surface area contributed by atoms with E-state index in [4.69, 9.17) is 10.5 Å². The van der Waals surface area contributed by atoms with Gasteiger partial charge >= 0.3 is 0 Å². The van der Waals surface area contributed by atoms with Gasteiger partial charge in [-0.15, -0.1) is 0 Å². The summed E-state index contributed by atoms with van der Waals surface area (Å²) in [7, 11) is 1.61. The Kier molecular flexibility index (Phi) is 3.10. The summed E-state index contributed by atoms with van der Waals surface area (Å²) in [6.45, 7) is 1.24. The second-order valence-corrected chi connectivity index (χ2v) is 3.98. The van der Waals surface area contributed by atoms with E-state index in [1.165, 1.54) is 0 Å². The van der Waals surface area contributed by atoms with Crippen LogP contribution in [0.15, 0.2) is 24.3 Å². The summed E-state index contributed by atoms with van der Waals surface area (Å²) in [5, 5.41) is 0. The zero-order chi connectivity index (χ0) is 11.5. The Morgan fingerprint density at radius 2 is 2.25 bits per heavy atom. The number of nitrogens with zero attached hydrogens (tertiary/aromatic N) is 1. The number of carbonyl (C=O) groups is 1. The fourth-order valence-electron chi connectivity index (χ4n) is 2.03. The maximum atomic E-state index is 11.8. The first-order valence-electron chi connectivity index (χ1n) is 5.39. The van der Waals surface area contributed by atoms with Gasteiger partial charge in [-0.05, 0) is 24.6 Å². The fourth-order valence-corrected chi connectivity index (χ4v) is 2.03. The van der Waals surface area contributed by atoms with Crippen LogP contribution in [0, 0.1) is 5.92 Å². The van der Waals surface area contributed by atoms with E-state index in [2.05, 4.69) is 0 Å². The Hall–Kier alpha value is -1.55. The van der Waals surface area contributed by atoms with Crippen molar-refractivity contribution in [1.82, 2.24) is 0 Å². The molecule has 4 nitrogen and oxygen atoms in total. The number of para-hydroxylation sites is 2. The number of hydrogen-bond donors (Lipinski definition) is 1. The maximum absolute atomic E-state index is 11.8. The van der Waals surface area contributed by atoms with Crippen LogP contribution in [0.3, 0.4) is 0 Å². The lowest BCUT2D eigenvalue weighted by Gasteiger charge is -2.19. The molecule has 1 aromatic carbocycles. The number of anilines is 1. The molecule has 0 spiro atoms. The summed E-state index contributed by atoms with van der Waals surface area (Å²) in [4.78, 5) is 13.6. The van der Waals surface area contributed by atoms with Gasteiger partial charge in [-0.1, -0.05) is 12.1 Å². The van der Waals surface area contributed by atoms with Gasteiger partial charge in [0.15, 0.2) is 0 Å². The van der Waals surface area contributed by atoms with Gasteiger partial charge in [0.2, 0.25) is 5.91 Å². The Bertz CT molecular complexity index is 392. The number of ether oxygens (including phenoxy) is 1. The molecule has 16 heavy (non-hydrogen) atoms. The predicted octanol–water partition coefficient (Wildman–Crippen LogP) is 1.01. The number of hydrogen-bond acceptors (Lipinski definition) is 3. The molecule has 1 amide bonds. The number of rotatable bonds is 3. The van der Waals surface area contributed by atoms with E-state index in [0.717, 1.165) is 11.4 Å². The van der Waals surface area contributed by atoms with Crippen LogP contribution in [-0.4, -0.2) is 26.1 Å². The fraction of sp³-hybridized carbons (Fsp3) is 0.417. The Balaban J connectivity index is 2.27. The molecule has 1 aliphatic heterocycles. The topological polar surface area (TPSA) is 55.6 Å². The second kappa shape index (κ2) is 4.53. The van der Waals surface area contributed by atoms with Gasteiger partial charge in [0.05, 0.1) is 12.8 Å². The summed E-state index contributed by atoms with van der Waals surface area (Å²) in [5.41, 5.74) is 6.44. The third kappa shape index (κ3) is 1.88. The highest BCUT2D eigenvalue weighted by Crippen LogP contribution is 2.32. The molecule has 0 radical (unpaired) electrons. The van der Waals surface area contributed by atoms with Crippen molar-refractivity contribution in [1.29, 1.82) is 0 Å². The molecular weight excluding hydrogens is 204 g/mol. The molecule has 1 heterocycles. The molecule has 1 aliphatic rings. The molecule has 1 aromatic rings. The molecule has 1 atom stereocenters. The molecule has 0 bridgehead atoms. The van der Waals surface area contributed by atoms with E-state index < -0.39 is 0 Å². The summed E-state index contributed by atoms with van der Waals surface area (Å²) >= 11 is 0. The second-order valence-electron chi connectivity index (χ2n) is 3.98. The number of carbonyl (C=O) groups excluding carboxylic acids is 1. The monoisotopic (exact) mass is 220 g/mol. The average Bonchev–Trinajstić information content (AvgIpc) is 2.70. The SMILES string of the molecule is COc1ccccc1N1C[C@@H](CN)CC1=O. The first-order chi connectivity index (χ1) is 7.76. The first-order valence-corrected chi connectivity index (χ1v) is 5.39. The predicted molar refractivity (Wildman–Crippen MR) is 62.5 cm³/mol. The van der Waals surface area contributed by atoms with Gasteiger partial charge in [0, 0.05) is 13.0 Å². The standard InChI is InChI=1S/C12H16N2O2/c1-16-11-5-3-2-4-10(11)14-8-9(7-13)6-12(14)15/h2-5,9H,6-8,13H2,1H3/t9-/m1/s1. The lowest BCUT2D eigenvalue weighted by Crippen LogP contribution is -2.26. The molecule has 4 heteroatoms. The molecule has 86 valence electrons. The van der Waals surface area contributed by atoms with Crippen molar-refractivity contribution in [2.75, 3.05) is 25.1 Å². The van der Waals surface area contributed by atoms with Crippen LogP contribution in [0.1, 0.15) is 6.42 Å². The van der Waals surface area contributed by atoms with Crippen LogP contribution in [0.2, 0.25) is 0 Å². The molecule has 1 saturated heterocycles. The molecule has 0 saturated carbocycles. The molecular formula is C12H16N2O2. The van der Waals surface area contributed by atoms with Crippen LogP contribution in [0.5, 0.6) is 5.75 Å². The smallest absolute Gasteiger partial charge is 0.227 e. The molecule has 0 unspecified atom stereocenters. The van der Waals surface area contributed by atoms with Crippen molar-refractivity contribution in [2.24, 2.45) is 11.7 Å². The molecule has 2 N–H and O–H groups in total. The van der Waals surface area contributed by atoms with Crippen LogP contribution < -0.4 is 15.4 Å². The first kappa shape index (κ1) is 11.0. The third-order valence-electron chi connectivity index (χ3n) is 2.91. The van der Waals surface area contributed by atoms with Crippen molar-refractivity contribution in [3.8, 4) is 5.75 Å². The van der Waals surface area contributed by atoms with Gasteiger partial charge in [-0.2, -0.15) is 0 Å². The zero-order valence-electron chi connectivity index (χ0n) is 9.35. The van der Waals surface area contributed by atoms with Gasteiger partial charge in [0.1, 0.15) is 5.75 Å². The van der Waals surface area contributed by atoms with Crippen LogP contribution in [0.4, 0.5) is 5.69 Å². The largest absolute Gasteiger partial charge is 0.495 e. The Labute approximate surface area is 95.0 Å². The van der Waals surface area contributed by atoms with Crippen LogP contribution in [-0.2, 0) is 4.79 Å². The van der Waals surface area contributed by atoms with Gasteiger partial charge in [0.25, 0.3) is 0 Å². The normalized spacial score (nSPS) is 20.2. The summed E-state index contributed by atoms with van der Waals surface area (Å²) in [6, 6.07) is 7.55. The number of methoxy groups -OCH3 is 1. The summed E-state index contributed by atoms with van der Waals surface area (Å²) < 4.78 is 5.25. The maximum Gasteiger partial charge on any atom is 0.227 e. The van der Waals surface area contributed by atoms with E-state index in [0.29, 0.717) is 19.5 Å². The summed E-state index contributed by atoms with van der Waals surface area (Å²) in [6.07, 6.45) is 0.536. The highest BCUT2D eigenvalue weighted by molar-refractivity contribution is 5.97. The van der Waals surface area contributed by atoms with Crippen molar-refractivity contribution >= 4 is 11.6 Å². The number of amides is 1. The van der Waals surface area contributed by atoms with Crippen molar-refractivity contribution in [3.05, 3.63) is 24.3 Å². The molecule has 0 aromatic heterocycles. The van der Waals surface area contributed by atoms with E-state index in [-0.39, 0.29) is 11.8 Å². The Morgan fingerprint density at radius 1 is 1.50 bits per heavy atom.